The Kier molecular flexibility index (Phi) is 7.01. The third kappa shape index (κ3) is 5.26. The molecular weight excluding hydrogens is 422 g/mol. The van der Waals surface area contributed by atoms with Crippen LogP contribution in [-0.2, 0) is 24.3 Å². The van der Waals surface area contributed by atoms with Gasteiger partial charge in [0.25, 0.3) is 0 Å². The lowest BCUT2D eigenvalue weighted by atomic mass is 10.1. The number of carbonyl (C=O) groups excluding carboxylic acids is 1. The molecule has 0 atom stereocenters. The second-order valence-electron chi connectivity index (χ2n) is 7.42. The Labute approximate surface area is 191 Å². The van der Waals surface area contributed by atoms with Gasteiger partial charge < -0.3 is 9.32 Å². The van der Waals surface area contributed by atoms with Gasteiger partial charge in [0.05, 0.1) is 18.6 Å². The zero-order chi connectivity index (χ0) is 22.3. The van der Waals surface area contributed by atoms with Gasteiger partial charge in [0.2, 0.25) is 5.91 Å². The number of carbonyl (C=O) groups is 1. The number of nitrogens with zero attached hydrogens (tertiary/aromatic N) is 5. The summed E-state index contributed by atoms with van der Waals surface area (Å²) in [5.41, 5.74) is 3.26. The van der Waals surface area contributed by atoms with E-state index in [-0.39, 0.29) is 11.7 Å². The number of hydrogen-bond donors (Lipinski definition) is 0. The van der Waals surface area contributed by atoms with Crippen LogP contribution in [0.15, 0.2) is 76.8 Å². The van der Waals surface area contributed by atoms with Gasteiger partial charge in [-0.1, -0.05) is 43.0 Å². The molecule has 0 bridgehead atoms. The molecule has 0 spiro atoms. The minimum atomic E-state index is 0.0324. The second kappa shape index (κ2) is 10.3. The SMILES string of the molecule is CCc1ccc(CN(C)C(=O)CSc2nnc(-c3cccnc3)n2Cc2ccco2)cc1. The first-order chi connectivity index (χ1) is 15.6. The molecule has 0 radical (unpaired) electrons. The molecule has 0 aliphatic rings. The predicted molar refractivity (Wildman–Crippen MR) is 124 cm³/mol. The summed E-state index contributed by atoms with van der Waals surface area (Å²) in [7, 11) is 1.82. The van der Waals surface area contributed by atoms with Gasteiger partial charge in [-0.05, 0) is 41.8 Å². The normalized spacial score (nSPS) is 10.9. The first kappa shape index (κ1) is 21.8. The van der Waals surface area contributed by atoms with E-state index in [1.807, 2.05) is 35.9 Å². The number of aromatic nitrogens is 4. The largest absolute Gasteiger partial charge is 0.467 e. The van der Waals surface area contributed by atoms with E-state index in [9.17, 15) is 4.79 Å². The van der Waals surface area contributed by atoms with Gasteiger partial charge in [-0.2, -0.15) is 0 Å². The molecule has 8 heteroatoms. The summed E-state index contributed by atoms with van der Waals surface area (Å²) >= 11 is 1.37. The smallest absolute Gasteiger partial charge is 0.233 e. The molecular formula is C24H25N5O2S. The minimum absolute atomic E-state index is 0.0324. The fourth-order valence-electron chi connectivity index (χ4n) is 3.28. The average molecular weight is 448 g/mol. The highest BCUT2D eigenvalue weighted by Gasteiger charge is 2.18. The van der Waals surface area contributed by atoms with Crippen molar-refractivity contribution in [2.75, 3.05) is 12.8 Å². The number of rotatable bonds is 9. The molecule has 32 heavy (non-hydrogen) atoms. The van der Waals surface area contributed by atoms with Crippen molar-refractivity contribution >= 4 is 17.7 Å². The molecule has 7 nitrogen and oxygen atoms in total. The zero-order valence-corrected chi connectivity index (χ0v) is 19.0. The molecule has 0 fully saturated rings. The number of benzene rings is 1. The molecule has 0 N–H and O–H groups in total. The molecule has 0 saturated carbocycles. The molecule has 1 amide bonds. The second-order valence-corrected chi connectivity index (χ2v) is 8.36. The Morgan fingerprint density at radius 3 is 2.59 bits per heavy atom. The Morgan fingerprint density at radius 1 is 1.09 bits per heavy atom. The predicted octanol–water partition coefficient (Wildman–Crippen LogP) is 4.29. The Balaban J connectivity index is 1.46. The third-order valence-electron chi connectivity index (χ3n) is 5.13. The Hall–Kier alpha value is -3.39. The molecule has 0 unspecified atom stereocenters. The van der Waals surface area contributed by atoms with Crippen molar-refractivity contribution in [1.29, 1.82) is 0 Å². The fourth-order valence-corrected chi connectivity index (χ4v) is 4.16. The first-order valence-corrected chi connectivity index (χ1v) is 11.4. The van der Waals surface area contributed by atoms with E-state index in [0.29, 0.717) is 24.1 Å². The molecule has 3 heterocycles. The van der Waals surface area contributed by atoms with E-state index >= 15 is 0 Å². The summed E-state index contributed by atoms with van der Waals surface area (Å²) in [5.74, 6) is 1.78. The van der Waals surface area contributed by atoms with E-state index in [1.54, 1.807) is 23.6 Å². The van der Waals surface area contributed by atoms with Crippen LogP contribution in [0, 0.1) is 0 Å². The van der Waals surface area contributed by atoms with Crippen LogP contribution in [-0.4, -0.2) is 43.4 Å². The standard InChI is InChI=1S/C24H25N5O2S/c1-3-18-8-10-19(11-9-18)15-28(2)22(30)17-32-24-27-26-23(20-6-4-12-25-14-20)29(24)16-21-7-5-13-31-21/h4-14H,3,15-17H2,1-2H3. The number of thioether (sulfide) groups is 1. The molecule has 4 rings (SSSR count). The number of aryl methyl sites for hydroxylation is 1. The van der Waals surface area contributed by atoms with E-state index < -0.39 is 0 Å². The van der Waals surface area contributed by atoms with E-state index in [1.165, 1.54) is 17.3 Å². The highest BCUT2D eigenvalue weighted by Crippen LogP contribution is 2.25. The van der Waals surface area contributed by atoms with Crippen LogP contribution in [0.4, 0.5) is 0 Å². The summed E-state index contributed by atoms with van der Waals surface area (Å²) in [6, 6.07) is 15.9. The lowest BCUT2D eigenvalue weighted by molar-refractivity contribution is -0.127. The Morgan fingerprint density at radius 2 is 1.91 bits per heavy atom. The van der Waals surface area contributed by atoms with Gasteiger partial charge in [0.1, 0.15) is 5.76 Å². The van der Waals surface area contributed by atoms with Gasteiger partial charge in [-0.3, -0.25) is 14.3 Å². The van der Waals surface area contributed by atoms with Gasteiger partial charge in [-0.25, -0.2) is 0 Å². The summed E-state index contributed by atoms with van der Waals surface area (Å²) in [6.07, 6.45) is 6.11. The number of pyridine rings is 1. The molecule has 0 aliphatic carbocycles. The van der Waals surface area contributed by atoms with Crippen LogP contribution < -0.4 is 0 Å². The lowest BCUT2D eigenvalue weighted by Crippen LogP contribution is -2.28. The zero-order valence-electron chi connectivity index (χ0n) is 18.1. The van der Waals surface area contributed by atoms with Crippen LogP contribution >= 0.6 is 11.8 Å². The summed E-state index contributed by atoms with van der Waals surface area (Å²) in [4.78, 5) is 18.7. The summed E-state index contributed by atoms with van der Waals surface area (Å²) in [6.45, 7) is 3.18. The highest BCUT2D eigenvalue weighted by atomic mass is 32.2. The monoisotopic (exact) mass is 447 g/mol. The van der Waals surface area contributed by atoms with Crippen LogP contribution in [0.25, 0.3) is 11.4 Å². The van der Waals surface area contributed by atoms with Crippen LogP contribution in [0.3, 0.4) is 0 Å². The van der Waals surface area contributed by atoms with Gasteiger partial charge >= 0.3 is 0 Å². The Bertz CT molecular complexity index is 1140. The highest BCUT2D eigenvalue weighted by molar-refractivity contribution is 7.99. The average Bonchev–Trinajstić information content (AvgIpc) is 3.49. The molecule has 4 aromatic rings. The van der Waals surface area contributed by atoms with Gasteiger partial charge in [0.15, 0.2) is 11.0 Å². The molecule has 1 aromatic carbocycles. The quantitative estimate of drug-likeness (QED) is 0.356. The van der Waals surface area contributed by atoms with Gasteiger partial charge in [-0.15, -0.1) is 10.2 Å². The van der Waals surface area contributed by atoms with E-state index in [4.69, 9.17) is 4.42 Å². The molecule has 3 aromatic heterocycles. The summed E-state index contributed by atoms with van der Waals surface area (Å²) < 4.78 is 7.48. The number of amides is 1. The van der Waals surface area contributed by atoms with Crippen molar-refractivity contribution in [3.05, 3.63) is 84.1 Å². The van der Waals surface area contributed by atoms with Crippen molar-refractivity contribution in [1.82, 2.24) is 24.6 Å². The summed E-state index contributed by atoms with van der Waals surface area (Å²) in [5, 5.41) is 9.36. The van der Waals surface area contributed by atoms with Gasteiger partial charge in [0, 0.05) is 31.5 Å². The third-order valence-corrected chi connectivity index (χ3v) is 6.08. The first-order valence-electron chi connectivity index (χ1n) is 10.4. The number of hydrogen-bond acceptors (Lipinski definition) is 6. The van der Waals surface area contributed by atoms with E-state index in [0.717, 1.165) is 23.3 Å². The fraction of sp³-hybridized carbons (Fsp3) is 0.250. The minimum Gasteiger partial charge on any atom is -0.467 e. The maximum Gasteiger partial charge on any atom is 0.233 e. The van der Waals surface area contributed by atoms with Crippen molar-refractivity contribution in [2.45, 2.75) is 31.6 Å². The van der Waals surface area contributed by atoms with Crippen molar-refractivity contribution < 1.29 is 9.21 Å². The topological polar surface area (TPSA) is 77.1 Å². The van der Waals surface area contributed by atoms with Crippen molar-refractivity contribution in [3.63, 3.8) is 0 Å². The van der Waals surface area contributed by atoms with Crippen molar-refractivity contribution in [2.24, 2.45) is 0 Å². The maximum absolute atomic E-state index is 12.8. The van der Waals surface area contributed by atoms with Crippen LogP contribution in [0.1, 0.15) is 23.8 Å². The molecule has 0 saturated heterocycles. The molecule has 164 valence electrons. The maximum atomic E-state index is 12.8. The van der Waals surface area contributed by atoms with Crippen LogP contribution in [0.2, 0.25) is 0 Å². The number of furan rings is 1. The van der Waals surface area contributed by atoms with Crippen LogP contribution in [0.5, 0.6) is 0 Å². The van der Waals surface area contributed by atoms with E-state index in [2.05, 4.69) is 46.4 Å². The lowest BCUT2D eigenvalue weighted by Gasteiger charge is -2.17. The molecule has 0 aliphatic heterocycles. The van der Waals surface area contributed by atoms with Crippen molar-refractivity contribution in [3.8, 4) is 11.4 Å².